The van der Waals surface area contributed by atoms with Crippen molar-refractivity contribution in [3.8, 4) is 11.4 Å². The summed E-state index contributed by atoms with van der Waals surface area (Å²) in [5, 5.41) is 4.37. The molecule has 0 amide bonds. The molecule has 2 aromatic rings. The molecular weight excluding hydrogens is 292 g/mol. The van der Waals surface area contributed by atoms with Crippen LogP contribution in [0.3, 0.4) is 0 Å². The van der Waals surface area contributed by atoms with E-state index in [2.05, 4.69) is 5.10 Å². The maximum atomic E-state index is 12.5. The molecule has 0 aliphatic heterocycles. The lowest BCUT2D eigenvalue weighted by Crippen LogP contribution is -2.24. The first kappa shape index (κ1) is 14.3. The molecule has 2 aliphatic rings. The number of ether oxygens (including phenoxy) is 2. The molecule has 1 aromatic heterocycles. The Kier molecular flexibility index (Phi) is 3.56. The van der Waals surface area contributed by atoms with Crippen molar-refractivity contribution in [2.24, 2.45) is 11.8 Å². The van der Waals surface area contributed by atoms with E-state index < -0.39 is 0 Å². The zero-order chi connectivity index (χ0) is 15.8. The van der Waals surface area contributed by atoms with E-state index in [9.17, 15) is 4.79 Å². The summed E-state index contributed by atoms with van der Waals surface area (Å²) in [6.07, 6.45) is 6.43. The van der Waals surface area contributed by atoms with Gasteiger partial charge in [-0.15, -0.1) is 0 Å². The second-order valence-corrected chi connectivity index (χ2v) is 6.44. The van der Waals surface area contributed by atoms with Crippen LogP contribution in [-0.2, 0) is 4.74 Å². The van der Waals surface area contributed by atoms with E-state index in [1.54, 1.807) is 18.0 Å². The van der Waals surface area contributed by atoms with Crippen LogP contribution >= 0.6 is 0 Å². The van der Waals surface area contributed by atoms with Gasteiger partial charge in [-0.2, -0.15) is 5.10 Å². The van der Waals surface area contributed by atoms with Crippen LogP contribution in [0.2, 0.25) is 0 Å². The van der Waals surface area contributed by atoms with Gasteiger partial charge in [0.2, 0.25) is 5.69 Å². The van der Waals surface area contributed by atoms with E-state index in [1.165, 1.54) is 19.3 Å². The molecule has 3 atom stereocenters. The van der Waals surface area contributed by atoms with E-state index in [4.69, 9.17) is 9.47 Å². The van der Waals surface area contributed by atoms with Crippen molar-refractivity contribution < 1.29 is 14.3 Å². The standard InChI is InChI=1S/C18H20N2O3/c1-22-16-11-20(14-5-3-2-4-6-14)19-17(16)18(21)23-15-10-12-7-8-13(15)9-12/h2-6,11-13,15H,7-10H2,1H3. The minimum atomic E-state index is -0.380. The Hall–Kier alpha value is -2.30. The van der Waals surface area contributed by atoms with Gasteiger partial charge in [0.25, 0.3) is 0 Å². The molecule has 0 radical (unpaired) electrons. The number of methoxy groups -OCH3 is 1. The fourth-order valence-electron chi connectivity index (χ4n) is 3.89. The number of nitrogens with zero attached hydrogens (tertiary/aromatic N) is 2. The number of carbonyl (C=O) groups excluding carboxylic acids is 1. The summed E-state index contributed by atoms with van der Waals surface area (Å²) >= 11 is 0. The van der Waals surface area contributed by atoms with Gasteiger partial charge < -0.3 is 9.47 Å². The summed E-state index contributed by atoms with van der Waals surface area (Å²) in [7, 11) is 1.54. The van der Waals surface area contributed by atoms with E-state index in [0.29, 0.717) is 11.7 Å². The predicted octanol–water partition coefficient (Wildman–Crippen LogP) is 3.23. The number of esters is 1. The van der Waals surface area contributed by atoms with Gasteiger partial charge in [0.15, 0.2) is 5.75 Å². The molecule has 120 valence electrons. The van der Waals surface area contributed by atoms with Crippen LogP contribution in [0, 0.1) is 11.8 Å². The average Bonchev–Trinajstić information content (AvgIpc) is 3.30. The lowest BCUT2D eigenvalue weighted by molar-refractivity contribution is 0.0148. The number of benzene rings is 1. The number of hydrogen-bond donors (Lipinski definition) is 0. The average molecular weight is 312 g/mol. The van der Waals surface area contributed by atoms with Gasteiger partial charge in [-0.3, -0.25) is 0 Å². The monoisotopic (exact) mass is 312 g/mol. The van der Waals surface area contributed by atoms with Gasteiger partial charge in [0, 0.05) is 0 Å². The molecule has 0 saturated heterocycles. The molecule has 4 rings (SSSR count). The summed E-state index contributed by atoms with van der Waals surface area (Å²) in [6.45, 7) is 0. The van der Waals surface area contributed by atoms with Crippen LogP contribution in [0.4, 0.5) is 0 Å². The van der Waals surface area contributed by atoms with Crippen LogP contribution < -0.4 is 4.74 Å². The molecule has 0 spiro atoms. The maximum Gasteiger partial charge on any atom is 0.363 e. The van der Waals surface area contributed by atoms with Gasteiger partial charge in [-0.05, 0) is 49.7 Å². The fraction of sp³-hybridized carbons (Fsp3) is 0.444. The molecule has 1 aromatic carbocycles. The largest absolute Gasteiger partial charge is 0.493 e. The first-order chi connectivity index (χ1) is 11.2. The van der Waals surface area contributed by atoms with Crippen LogP contribution in [-0.4, -0.2) is 29.0 Å². The highest BCUT2D eigenvalue weighted by molar-refractivity contribution is 5.90. The van der Waals surface area contributed by atoms with Crippen LogP contribution in [0.5, 0.6) is 5.75 Å². The maximum absolute atomic E-state index is 12.5. The van der Waals surface area contributed by atoms with Crippen molar-refractivity contribution >= 4 is 5.97 Å². The van der Waals surface area contributed by atoms with Crippen molar-refractivity contribution in [3.05, 3.63) is 42.2 Å². The lowest BCUT2D eigenvalue weighted by Gasteiger charge is -2.21. The number of aromatic nitrogens is 2. The Morgan fingerprint density at radius 2 is 2.04 bits per heavy atom. The molecule has 2 fully saturated rings. The fourth-order valence-corrected chi connectivity index (χ4v) is 3.89. The van der Waals surface area contributed by atoms with Gasteiger partial charge in [-0.1, -0.05) is 18.2 Å². The van der Waals surface area contributed by atoms with Crippen molar-refractivity contribution in [1.29, 1.82) is 0 Å². The summed E-state index contributed by atoms with van der Waals surface area (Å²) in [4.78, 5) is 12.5. The Labute approximate surface area is 135 Å². The third-order valence-electron chi connectivity index (χ3n) is 5.05. The summed E-state index contributed by atoms with van der Waals surface area (Å²) in [6, 6.07) is 9.65. The van der Waals surface area contributed by atoms with Gasteiger partial charge >= 0.3 is 5.97 Å². The molecule has 5 heteroatoms. The van der Waals surface area contributed by atoms with Crippen LogP contribution in [0.1, 0.15) is 36.2 Å². The molecule has 2 saturated carbocycles. The second kappa shape index (κ2) is 5.72. The van der Waals surface area contributed by atoms with Gasteiger partial charge in [-0.25, -0.2) is 9.48 Å². The van der Waals surface area contributed by atoms with E-state index in [1.807, 2.05) is 30.3 Å². The molecular formula is C18H20N2O3. The van der Waals surface area contributed by atoms with Crippen LogP contribution in [0.15, 0.2) is 36.5 Å². The minimum Gasteiger partial charge on any atom is -0.493 e. The highest BCUT2D eigenvalue weighted by Gasteiger charge is 2.42. The number of carbonyl (C=O) groups is 1. The van der Waals surface area contributed by atoms with Crippen molar-refractivity contribution in [2.75, 3.05) is 7.11 Å². The SMILES string of the molecule is COc1cn(-c2ccccc2)nc1C(=O)OC1CC2CCC1C2. The second-order valence-electron chi connectivity index (χ2n) is 6.44. The molecule has 2 aliphatic carbocycles. The quantitative estimate of drug-likeness (QED) is 0.813. The Bertz CT molecular complexity index is 710. The van der Waals surface area contributed by atoms with E-state index in [-0.39, 0.29) is 17.8 Å². The topological polar surface area (TPSA) is 53.4 Å². The Morgan fingerprint density at radius 3 is 2.70 bits per heavy atom. The smallest absolute Gasteiger partial charge is 0.363 e. The van der Waals surface area contributed by atoms with Gasteiger partial charge in [0.1, 0.15) is 6.10 Å². The molecule has 3 unspecified atom stereocenters. The zero-order valence-corrected chi connectivity index (χ0v) is 13.1. The van der Waals surface area contributed by atoms with E-state index in [0.717, 1.165) is 18.0 Å². The highest BCUT2D eigenvalue weighted by atomic mass is 16.5. The van der Waals surface area contributed by atoms with Crippen LogP contribution in [0.25, 0.3) is 5.69 Å². The Balaban J connectivity index is 1.55. The number of hydrogen-bond acceptors (Lipinski definition) is 4. The van der Waals surface area contributed by atoms with Gasteiger partial charge in [0.05, 0.1) is 19.0 Å². The third-order valence-corrected chi connectivity index (χ3v) is 5.05. The summed E-state index contributed by atoms with van der Waals surface area (Å²) in [5.74, 6) is 1.34. The first-order valence-corrected chi connectivity index (χ1v) is 8.14. The predicted molar refractivity (Wildman–Crippen MR) is 84.8 cm³/mol. The molecule has 5 nitrogen and oxygen atoms in total. The summed E-state index contributed by atoms with van der Waals surface area (Å²) in [5.41, 5.74) is 1.13. The van der Waals surface area contributed by atoms with Crippen molar-refractivity contribution in [3.63, 3.8) is 0 Å². The third kappa shape index (κ3) is 2.60. The van der Waals surface area contributed by atoms with E-state index >= 15 is 0 Å². The molecule has 0 N–H and O–H groups in total. The molecule has 1 heterocycles. The minimum absolute atomic E-state index is 0.0489. The number of para-hydroxylation sites is 1. The lowest BCUT2D eigenvalue weighted by atomic mass is 9.98. The Morgan fingerprint density at radius 1 is 1.22 bits per heavy atom. The highest BCUT2D eigenvalue weighted by Crippen LogP contribution is 2.46. The number of fused-ring (bicyclic) bond motifs is 2. The number of rotatable bonds is 4. The normalized spacial score (nSPS) is 25.5. The zero-order valence-electron chi connectivity index (χ0n) is 13.1. The summed E-state index contributed by atoms with van der Waals surface area (Å²) < 4.78 is 12.7. The molecule has 2 bridgehead atoms. The first-order valence-electron chi connectivity index (χ1n) is 8.14. The molecule has 23 heavy (non-hydrogen) atoms. The van der Waals surface area contributed by atoms with Crippen molar-refractivity contribution in [2.45, 2.75) is 31.8 Å². The van der Waals surface area contributed by atoms with Crippen molar-refractivity contribution in [1.82, 2.24) is 9.78 Å².